The maximum absolute atomic E-state index is 10.9. The molecule has 1 aromatic rings. The molecule has 0 unspecified atom stereocenters. The van der Waals surface area contributed by atoms with E-state index in [4.69, 9.17) is 9.47 Å². The van der Waals surface area contributed by atoms with Crippen LogP contribution < -0.4 is 9.47 Å². The lowest BCUT2D eigenvalue weighted by Gasteiger charge is -2.10. The SMILES string of the molecule is C=CCOc1ccc(OC)c(Br)c1C=O. The molecule has 1 aromatic carbocycles. The molecule has 0 aliphatic heterocycles. The Morgan fingerprint density at radius 2 is 2.13 bits per heavy atom. The van der Waals surface area contributed by atoms with Gasteiger partial charge in [-0.1, -0.05) is 12.7 Å². The molecule has 1 rings (SSSR count). The van der Waals surface area contributed by atoms with Crippen LogP contribution in [-0.4, -0.2) is 20.0 Å². The Kier molecular flexibility index (Phi) is 4.37. The number of benzene rings is 1. The van der Waals surface area contributed by atoms with Crippen LogP contribution in [0.5, 0.6) is 11.5 Å². The summed E-state index contributed by atoms with van der Waals surface area (Å²) < 4.78 is 11.0. The maximum atomic E-state index is 10.9. The zero-order valence-corrected chi connectivity index (χ0v) is 9.91. The largest absolute Gasteiger partial charge is 0.496 e. The number of carbonyl (C=O) groups is 1. The Morgan fingerprint density at radius 1 is 1.47 bits per heavy atom. The van der Waals surface area contributed by atoms with Crippen LogP contribution in [0.15, 0.2) is 29.3 Å². The average molecular weight is 271 g/mol. The quantitative estimate of drug-likeness (QED) is 0.610. The molecule has 0 N–H and O–H groups in total. The van der Waals surface area contributed by atoms with E-state index in [1.165, 1.54) is 0 Å². The first-order valence-electron chi connectivity index (χ1n) is 4.30. The van der Waals surface area contributed by atoms with Crippen molar-refractivity contribution in [1.82, 2.24) is 0 Å². The molecule has 0 fully saturated rings. The van der Waals surface area contributed by atoms with Gasteiger partial charge in [0.05, 0.1) is 17.1 Å². The van der Waals surface area contributed by atoms with Gasteiger partial charge in [-0.25, -0.2) is 0 Å². The van der Waals surface area contributed by atoms with Crippen molar-refractivity contribution in [1.29, 1.82) is 0 Å². The van der Waals surface area contributed by atoms with Crippen LogP contribution in [0.3, 0.4) is 0 Å². The van der Waals surface area contributed by atoms with Gasteiger partial charge < -0.3 is 9.47 Å². The lowest BCUT2D eigenvalue weighted by molar-refractivity contribution is 0.111. The second-order valence-electron chi connectivity index (χ2n) is 2.71. The van der Waals surface area contributed by atoms with Crippen molar-refractivity contribution < 1.29 is 14.3 Å². The van der Waals surface area contributed by atoms with Crippen molar-refractivity contribution >= 4 is 22.2 Å². The monoisotopic (exact) mass is 270 g/mol. The highest BCUT2D eigenvalue weighted by molar-refractivity contribution is 9.10. The van der Waals surface area contributed by atoms with E-state index >= 15 is 0 Å². The van der Waals surface area contributed by atoms with Gasteiger partial charge in [0.1, 0.15) is 18.1 Å². The predicted molar refractivity (Wildman–Crippen MR) is 61.8 cm³/mol. The highest BCUT2D eigenvalue weighted by Crippen LogP contribution is 2.33. The lowest BCUT2D eigenvalue weighted by atomic mass is 10.2. The van der Waals surface area contributed by atoms with Gasteiger partial charge in [0, 0.05) is 0 Å². The number of ether oxygens (including phenoxy) is 2. The zero-order valence-electron chi connectivity index (χ0n) is 8.33. The summed E-state index contributed by atoms with van der Waals surface area (Å²) in [4.78, 5) is 10.9. The summed E-state index contributed by atoms with van der Waals surface area (Å²) in [6, 6.07) is 3.42. The number of hydrogen-bond acceptors (Lipinski definition) is 3. The molecule has 0 saturated carbocycles. The minimum absolute atomic E-state index is 0.361. The Hall–Kier alpha value is -1.29. The third-order valence-electron chi connectivity index (χ3n) is 1.80. The van der Waals surface area contributed by atoms with E-state index in [0.717, 1.165) is 6.29 Å². The van der Waals surface area contributed by atoms with Gasteiger partial charge in [-0.2, -0.15) is 0 Å². The molecule has 0 bridgehead atoms. The van der Waals surface area contributed by atoms with E-state index in [-0.39, 0.29) is 0 Å². The van der Waals surface area contributed by atoms with Gasteiger partial charge in [0.15, 0.2) is 6.29 Å². The van der Waals surface area contributed by atoms with Crippen LogP contribution in [0, 0.1) is 0 Å². The van der Waals surface area contributed by atoms with Crippen LogP contribution >= 0.6 is 15.9 Å². The Morgan fingerprint density at radius 3 is 2.67 bits per heavy atom. The Labute approximate surface area is 96.8 Å². The molecule has 0 atom stereocenters. The van der Waals surface area contributed by atoms with E-state index < -0.39 is 0 Å². The molecule has 0 heterocycles. The first-order chi connectivity index (χ1) is 7.24. The fraction of sp³-hybridized carbons (Fsp3) is 0.182. The average Bonchev–Trinajstić information content (AvgIpc) is 2.26. The molecule has 15 heavy (non-hydrogen) atoms. The Balaban J connectivity index is 3.12. The summed E-state index contributed by atoms with van der Waals surface area (Å²) in [5.74, 6) is 1.11. The molecule has 0 saturated heterocycles. The fourth-order valence-corrected chi connectivity index (χ4v) is 1.68. The van der Waals surface area contributed by atoms with E-state index in [1.807, 2.05) is 0 Å². The smallest absolute Gasteiger partial charge is 0.155 e. The van der Waals surface area contributed by atoms with Gasteiger partial charge in [-0.05, 0) is 28.1 Å². The third-order valence-corrected chi connectivity index (χ3v) is 2.62. The second kappa shape index (κ2) is 5.56. The second-order valence-corrected chi connectivity index (χ2v) is 3.50. The number of methoxy groups -OCH3 is 1. The van der Waals surface area contributed by atoms with E-state index in [9.17, 15) is 4.79 Å². The Bertz CT molecular complexity index is 374. The molecular formula is C11H11BrO3. The number of aldehydes is 1. The van der Waals surface area contributed by atoms with Gasteiger partial charge in [0.2, 0.25) is 0 Å². The predicted octanol–water partition coefficient (Wildman–Crippen LogP) is 2.84. The fourth-order valence-electron chi connectivity index (χ4n) is 1.10. The molecule has 80 valence electrons. The molecule has 0 radical (unpaired) electrons. The highest BCUT2D eigenvalue weighted by atomic mass is 79.9. The van der Waals surface area contributed by atoms with Crippen molar-refractivity contribution in [3.05, 3.63) is 34.8 Å². The lowest BCUT2D eigenvalue weighted by Crippen LogP contribution is -1.98. The zero-order chi connectivity index (χ0) is 11.3. The van der Waals surface area contributed by atoms with Crippen molar-refractivity contribution in [2.75, 3.05) is 13.7 Å². The summed E-state index contributed by atoms with van der Waals surface area (Å²) >= 11 is 3.28. The molecular weight excluding hydrogens is 260 g/mol. The molecule has 0 amide bonds. The van der Waals surface area contributed by atoms with E-state index in [0.29, 0.717) is 28.1 Å². The van der Waals surface area contributed by atoms with Crippen LogP contribution in [0.2, 0.25) is 0 Å². The third kappa shape index (κ3) is 2.59. The summed E-state index contributed by atoms with van der Waals surface area (Å²) in [7, 11) is 1.54. The van der Waals surface area contributed by atoms with Crippen molar-refractivity contribution in [2.24, 2.45) is 0 Å². The number of halogens is 1. The normalized spacial score (nSPS) is 9.47. The first kappa shape index (κ1) is 11.8. The van der Waals surface area contributed by atoms with Crippen LogP contribution in [-0.2, 0) is 0 Å². The van der Waals surface area contributed by atoms with Crippen molar-refractivity contribution in [3.8, 4) is 11.5 Å². The van der Waals surface area contributed by atoms with Crippen molar-refractivity contribution in [2.45, 2.75) is 0 Å². The maximum Gasteiger partial charge on any atom is 0.155 e. The minimum Gasteiger partial charge on any atom is -0.496 e. The topological polar surface area (TPSA) is 35.5 Å². The van der Waals surface area contributed by atoms with Crippen LogP contribution in [0.25, 0.3) is 0 Å². The number of rotatable bonds is 5. The van der Waals surface area contributed by atoms with E-state index in [1.54, 1.807) is 25.3 Å². The summed E-state index contributed by atoms with van der Waals surface area (Å²) in [6.45, 7) is 3.90. The molecule has 0 aromatic heterocycles. The van der Waals surface area contributed by atoms with Crippen LogP contribution in [0.1, 0.15) is 10.4 Å². The summed E-state index contributed by atoms with van der Waals surface area (Å²) in [5, 5.41) is 0. The highest BCUT2D eigenvalue weighted by Gasteiger charge is 2.11. The summed E-state index contributed by atoms with van der Waals surface area (Å²) in [5.41, 5.74) is 0.441. The number of hydrogen-bond donors (Lipinski definition) is 0. The van der Waals surface area contributed by atoms with Crippen LogP contribution in [0.4, 0.5) is 0 Å². The molecule has 3 nitrogen and oxygen atoms in total. The van der Waals surface area contributed by atoms with Crippen molar-refractivity contribution in [3.63, 3.8) is 0 Å². The van der Waals surface area contributed by atoms with E-state index in [2.05, 4.69) is 22.5 Å². The molecule has 0 aliphatic rings. The van der Waals surface area contributed by atoms with Gasteiger partial charge in [-0.3, -0.25) is 4.79 Å². The minimum atomic E-state index is 0.361. The molecule has 4 heteroatoms. The molecule has 0 aliphatic carbocycles. The van der Waals surface area contributed by atoms with Gasteiger partial charge >= 0.3 is 0 Å². The number of carbonyl (C=O) groups excluding carboxylic acids is 1. The standard InChI is InChI=1S/C11H11BrO3/c1-3-6-15-9-4-5-10(14-2)11(12)8(9)7-13/h3-5,7H,1,6H2,2H3. The van der Waals surface area contributed by atoms with Gasteiger partial charge in [-0.15, -0.1) is 0 Å². The summed E-state index contributed by atoms with van der Waals surface area (Å²) in [6.07, 6.45) is 2.34. The first-order valence-corrected chi connectivity index (χ1v) is 5.09. The van der Waals surface area contributed by atoms with Gasteiger partial charge in [0.25, 0.3) is 0 Å². The molecule has 0 spiro atoms.